The zero-order chi connectivity index (χ0) is 25.7. The van der Waals surface area contributed by atoms with Gasteiger partial charge in [0.2, 0.25) is 0 Å². The summed E-state index contributed by atoms with van der Waals surface area (Å²) in [5.74, 6) is -0.668. The van der Waals surface area contributed by atoms with Gasteiger partial charge in [0.1, 0.15) is 17.1 Å². The number of ether oxygens (including phenoxy) is 1. The number of aromatic nitrogens is 5. The van der Waals surface area contributed by atoms with Crippen LogP contribution in [-0.2, 0) is 11.8 Å². The molecule has 11 nitrogen and oxygen atoms in total. The van der Waals surface area contributed by atoms with Crippen molar-refractivity contribution in [2.45, 2.75) is 37.8 Å². The van der Waals surface area contributed by atoms with Crippen molar-refractivity contribution >= 4 is 29.4 Å². The molecule has 1 atom stereocenters. The molecule has 13 heteroatoms. The Morgan fingerprint density at radius 3 is 2.69 bits per heavy atom. The summed E-state index contributed by atoms with van der Waals surface area (Å²) in [4.78, 5) is 33.2. The highest BCUT2D eigenvalue weighted by atomic mass is 35.5. The Labute approximate surface area is 209 Å². The number of aryl methyl sites for hydroxylation is 1. The summed E-state index contributed by atoms with van der Waals surface area (Å²) in [5.41, 5.74) is 0.666. The summed E-state index contributed by atoms with van der Waals surface area (Å²) in [6.45, 7) is 1.53. The van der Waals surface area contributed by atoms with Crippen LogP contribution in [0.25, 0.3) is 11.4 Å². The van der Waals surface area contributed by atoms with Gasteiger partial charge in [0.05, 0.1) is 28.9 Å². The zero-order valence-corrected chi connectivity index (χ0v) is 20.0. The highest BCUT2D eigenvalue weighted by molar-refractivity contribution is 6.30. The van der Waals surface area contributed by atoms with E-state index in [9.17, 15) is 14.0 Å². The van der Waals surface area contributed by atoms with Gasteiger partial charge in [0.15, 0.2) is 11.5 Å². The first-order chi connectivity index (χ1) is 17.1. The Hall–Kier alpha value is -4.11. The molecule has 3 aromatic heterocycles. The highest BCUT2D eigenvalue weighted by Gasteiger charge is 2.69. The van der Waals surface area contributed by atoms with Crippen LogP contribution in [0.15, 0.2) is 30.6 Å². The number of pyridine rings is 2. The molecule has 6 rings (SSSR count). The standard InChI is InChI=1S/C23H20ClFN8O3/c1-12(15-5-14(25)7-28-18(15)24)36-21(35)29-19-17(31-32-33(19)2)16-4-3-13(6-27-16)20(34)30-23-8-22(9-23,10-23)11-26/h3-7,12H,8-10H2,1-2H3,(H,29,35)(H,30,34)/t12-,22?,23?/m1/s1. The van der Waals surface area contributed by atoms with E-state index < -0.39 is 18.0 Å². The van der Waals surface area contributed by atoms with E-state index in [1.807, 2.05) is 0 Å². The Bertz CT molecular complexity index is 1400. The van der Waals surface area contributed by atoms with Crippen molar-refractivity contribution in [2.75, 3.05) is 5.32 Å². The molecule has 0 aromatic carbocycles. The number of hydrogen-bond donors (Lipinski definition) is 2. The zero-order valence-electron chi connectivity index (χ0n) is 19.2. The van der Waals surface area contributed by atoms with Crippen molar-refractivity contribution in [3.05, 3.63) is 52.7 Å². The number of nitrogens with zero attached hydrogens (tertiary/aromatic N) is 6. The molecule has 3 heterocycles. The molecule has 3 aromatic rings. The monoisotopic (exact) mass is 510 g/mol. The summed E-state index contributed by atoms with van der Waals surface area (Å²) < 4.78 is 20.2. The van der Waals surface area contributed by atoms with E-state index in [4.69, 9.17) is 21.6 Å². The van der Waals surface area contributed by atoms with Gasteiger partial charge >= 0.3 is 6.09 Å². The first-order valence-electron chi connectivity index (χ1n) is 11.0. The molecule has 0 aliphatic heterocycles. The molecule has 3 saturated carbocycles. The summed E-state index contributed by atoms with van der Waals surface area (Å²) in [6, 6.07) is 6.64. The average Bonchev–Trinajstić information content (AvgIpc) is 3.16. The molecule has 3 aliphatic carbocycles. The lowest BCUT2D eigenvalue weighted by molar-refractivity contribution is -0.102. The Morgan fingerprint density at radius 1 is 1.28 bits per heavy atom. The molecule has 184 valence electrons. The second-order valence-corrected chi connectivity index (χ2v) is 9.56. The van der Waals surface area contributed by atoms with Gasteiger partial charge in [-0.3, -0.25) is 15.1 Å². The van der Waals surface area contributed by atoms with Crippen LogP contribution in [-0.4, -0.2) is 42.5 Å². The summed E-state index contributed by atoms with van der Waals surface area (Å²) >= 11 is 5.98. The second kappa shape index (κ2) is 8.53. The first kappa shape index (κ1) is 23.6. The van der Waals surface area contributed by atoms with Gasteiger partial charge in [0.25, 0.3) is 5.91 Å². The SMILES string of the molecule is C[C@@H](OC(=O)Nc1c(-c2ccc(C(=O)NC34CC(C#N)(C3)C4)cn2)nnn1C)c1cc(F)cnc1Cl. The molecular formula is C23H20ClFN8O3. The molecule has 2 N–H and O–H groups in total. The third kappa shape index (κ3) is 4.11. The van der Waals surface area contributed by atoms with Gasteiger partial charge in [-0.05, 0) is 44.4 Å². The second-order valence-electron chi connectivity index (χ2n) is 9.21. The van der Waals surface area contributed by atoms with Crippen molar-refractivity contribution < 1.29 is 18.7 Å². The molecule has 36 heavy (non-hydrogen) atoms. The minimum absolute atomic E-state index is 0.0199. The smallest absolute Gasteiger partial charge is 0.413 e. The molecular weight excluding hydrogens is 491 g/mol. The number of carbonyl (C=O) groups is 2. The normalized spacial score (nSPS) is 22.4. The van der Waals surface area contributed by atoms with Gasteiger partial charge in [-0.2, -0.15) is 5.26 Å². The fraction of sp³-hybridized carbons (Fsp3) is 0.348. The van der Waals surface area contributed by atoms with E-state index in [2.05, 4.69) is 37.0 Å². The molecule has 2 amide bonds. The Morgan fingerprint density at radius 2 is 2.03 bits per heavy atom. The Kier molecular flexibility index (Phi) is 5.60. The molecule has 0 saturated heterocycles. The number of rotatable bonds is 6. The summed E-state index contributed by atoms with van der Waals surface area (Å²) in [6.07, 6.45) is 2.68. The van der Waals surface area contributed by atoms with Crippen LogP contribution in [0, 0.1) is 22.6 Å². The van der Waals surface area contributed by atoms with E-state index in [-0.39, 0.29) is 39.1 Å². The van der Waals surface area contributed by atoms with E-state index in [1.54, 1.807) is 19.2 Å². The van der Waals surface area contributed by atoms with Crippen LogP contribution in [0.3, 0.4) is 0 Å². The minimum Gasteiger partial charge on any atom is -0.441 e. The maximum atomic E-state index is 13.5. The quantitative estimate of drug-likeness (QED) is 0.478. The number of hydrogen-bond acceptors (Lipinski definition) is 8. The molecule has 3 aliphatic rings. The van der Waals surface area contributed by atoms with Crippen molar-refractivity contribution in [3.8, 4) is 17.5 Å². The molecule has 2 bridgehead atoms. The third-order valence-corrected chi connectivity index (χ3v) is 6.83. The maximum absolute atomic E-state index is 13.5. The number of nitrogens with one attached hydrogen (secondary N) is 2. The molecule has 0 spiro atoms. The number of anilines is 1. The van der Waals surface area contributed by atoms with Crippen molar-refractivity contribution in [1.82, 2.24) is 30.3 Å². The lowest BCUT2D eigenvalue weighted by atomic mass is 9.40. The van der Waals surface area contributed by atoms with Gasteiger partial charge in [-0.1, -0.05) is 16.8 Å². The highest BCUT2D eigenvalue weighted by Crippen LogP contribution is 2.66. The average molecular weight is 511 g/mol. The number of halogens is 2. The topological polar surface area (TPSA) is 148 Å². The van der Waals surface area contributed by atoms with Crippen LogP contribution in [0.4, 0.5) is 15.0 Å². The number of amides is 2. The van der Waals surface area contributed by atoms with Crippen molar-refractivity contribution in [2.24, 2.45) is 12.5 Å². The molecule has 3 fully saturated rings. The summed E-state index contributed by atoms with van der Waals surface area (Å²) in [7, 11) is 1.57. The lowest BCUT2D eigenvalue weighted by Crippen LogP contribution is -2.74. The lowest BCUT2D eigenvalue weighted by Gasteiger charge is -2.66. The van der Waals surface area contributed by atoms with Crippen LogP contribution in [0.1, 0.15) is 48.2 Å². The van der Waals surface area contributed by atoms with Crippen molar-refractivity contribution in [1.29, 1.82) is 5.26 Å². The van der Waals surface area contributed by atoms with E-state index in [0.29, 0.717) is 30.5 Å². The summed E-state index contributed by atoms with van der Waals surface area (Å²) in [5, 5.41) is 22.7. The third-order valence-electron chi connectivity index (χ3n) is 6.52. The Balaban J connectivity index is 1.25. The van der Waals surface area contributed by atoms with Gasteiger partial charge in [-0.15, -0.1) is 5.10 Å². The van der Waals surface area contributed by atoms with Gasteiger partial charge in [-0.25, -0.2) is 18.9 Å². The van der Waals surface area contributed by atoms with Crippen LogP contribution in [0.2, 0.25) is 5.15 Å². The number of carbonyl (C=O) groups excluding carboxylic acids is 2. The minimum atomic E-state index is -0.884. The fourth-order valence-corrected chi connectivity index (χ4v) is 5.02. The van der Waals surface area contributed by atoms with E-state index >= 15 is 0 Å². The van der Waals surface area contributed by atoms with Crippen LogP contribution < -0.4 is 10.6 Å². The molecule has 0 radical (unpaired) electrons. The van der Waals surface area contributed by atoms with E-state index in [1.165, 1.54) is 17.8 Å². The predicted octanol–water partition coefficient (Wildman–Crippen LogP) is 3.55. The fourth-order valence-electron chi connectivity index (χ4n) is 4.76. The molecule has 0 unspecified atom stereocenters. The first-order valence-corrected chi connectivity index (χ1v) is 11.4. The number of nitriles is 1. The van der Waals surface area contributed by atoms with Crippen LogP contribution >= 0.6 is 11.6 Å². The van der Waals surface area contributed by atoms with Crippen molar-refractivity contribution in [3.63, 3.8) is 0 Å². The van der Waals surface area contributed by atoms with Gasteiger partial charge < -0.3 is 10.1 Å². The van der Waals surface area contributed by atoms with E-state index in [0.717, 1.165) is 12.3 Å². The van der Waals surface area contributed by atoms with Gasteiger partial charge in [0, 0.05) is 24.3 Å². The maximum Gasteiger partial charge on any atom is 0.413 e. The predicted molar refractivity (Wildman–Crippen MR) is 124 cm³/mol. The van der Waals surface area contributed by atoms with Crippen LogP contribution in [0.5, 0.6) is 0 Å². The largest absolute Gasteiger partial charge is 0.441 e.